The van der Waals surface area contributed by atoms with E-state index < -0.39 is 0 Å². The number of hydrogen-bond acceptors (Lipinski definition) is 2. The fraction of sp³-hybridized carbons (Fsp3) is 0.615. The minimum atomic E-state index is 0.195. The Labute approximate surface area is 102 Å². The van der Waals surface area contributed by atoms with Gasteiger partial charge in [-0.3, -0.25) is 4.79 Å². The van der Waals surface area contributed by atoms with Crippen molar-refractivity contribution in [3.05, 3.63) is 22.4 Å². The number of rotatable bonds is 7. The van der Waals surface area contributed by atoms with E-state index in [-0.39, 0.29) is 5.91 Å². The van der Waals surface area contributed by atoms with E-state index in [4.69, 9.17) is 0 Å². The summed E-state index contributed by atoms with van der Waals surface area (Å²) >= 11 is 1.80. The molecule has 0 aliphatic heterocycles. The van der Waals surface area contributed by atoms with Gasteiger partial charge in [-0.2, -0.15) is 0 Å². The monoisotopic (exact) mass is 239 g/mol. The van der Waals surface area contributed by atoms with E-state index in [1.165, 1.54) is 4.88 Å². The average molecular weight is 239 g/mol. The molecule has 1 heterocycles. The molecule has 1 atom stereocenters. The standard InChI is InChI=1S/C13H21NOS/c1-3-11(2)14-13(15)9-5-4-7-12-8-6-10-16-12/h6,8,10-11H,3-5,7,9H2,1-2H3,(H,14,15). The molecule has 0 spiro atoms. The van der Waals surface area contributed by atoms with Gasteiger partial charge in [-0.05, 0) is 44.1 Å². The molecule has 1 rings (SSSR count). The van der Waals surface area contributed by atoms with Crippen LogP contribution in [0.3, 0.4) is 0 Å². The van der Waals surface area contributed by atoms with E-state index in [0.29, 0.717) is 12.5 Å². The lowest BCUT2D eigenvalue weighted by atomic mass is 10.1. The molecule has 16 heavy (non-hydrogen) atoms. The number of thiophene rings is 1. The van der Waals surface area contributed by atoms with E-state index in [9.17, 15) is 4.79 Å². The molecule has 0 aliphatic rings. The minimum Gasteiger partial charge on any atom is -0.354 e. The van der Waals surface area contributed by atoms with Gasteiger partial charge in [-0.1, -0.05) is 13.0 Å². The predicted octanol–water partition coefficient (Wildman–Crippen LogP) is 3.38. The number of amides is 1. The Hall–Kier alpha value is -0.830. The third kappa shape index (κ3) is 5.31. The van der Waals surface area contributed by atoms with E-state index in [0.717, 1.165) is 25.7 Å². The summed E-state index contributed by atoms with van der Waals surface area (Å²) in [6, 6.07) is 4.55. The number of nitrogens with one attached hydrogen (secondary N) is 1. The molecular weight excluding hydrogens is 218 g/mol. The molecule has 1 unspecified atom stereocenters. The maximum atomic E-state index is 11.5. The maximum absolute atomic E-state index is 11.5. The zero-order chi connectivity index (χ0) is 11.8. The Balaban J connectivity index is 2.04. The summed E-state index contributed by atoms with van der Waals surface area (Å²) < 4.78 is 0. The maximum Gasteiger partial charge on any atom is 0.220 e. The number of carbonyl (C=O) groups excluding carboxylic acids is 1. The zero-order valence-electron chi connectivity index (χ0n) is 10.2. The van der Waals surface area contributed by atoms with Crippen LogP contribution in [0.15, 0.2) is 17.5 Å². The summed E-state index contributed by atoms with van der Waals surface area (Å²) in [6.45, 7) is 4.13. The molecule has 3 heteroatoms. The van der Waals surface area contributed by atoms with Crippen molar-refractivity contribution in [2.45, 2.75) is 52.0 Å². The van der Waals surface area contributed by atoms with Gasteiger partial charge in [0.15, 0.2) is 0 Å². The van der Waals surface area contributed by atoms with Crippen molar-refractivity contribution >= 4 is 17.2 Å². The van der Waals surface area contributed by atoms with Gasteiger partial charge in [-0.25, -0.2) is 0 Å². The van der Waals surface area contributed by atoms with Gasteiger partial charge >= 0.3 is 0 Å². The predicted molar refractivity (Wildman–Crippen MR) is 69.8 cm³/mol. The lowest BCUT2D eigenvalue weighted by Gasteiger charge is -2.10. The molecule has 0 saturated heterocycles. The van der Waals surface area contributed by atoms with Crippen molar-refractivity contribution in [3.63, 3.8) is 0 Å². The topological polar surface area (TPSA) is 29.1 Å². The Morgan fingerprint density at radius 1 is 1.50 bits per heavy atom. The molecule has 1 aromatic rings. The summed E-state index contributed by atoms with van der Waals surface area (Å²) in [6.07, 6.45) is 4.86. The minimum absolute atomic E-state index is 0.195. The summed E-state index contributed by atoms with van der Waals surface area (Å²) in [5, 5.41) is 5.09. The van der Waals surface area contributed by atoms with Gasteiger partial charge in [-0.15, -0.1) is 11.3 Å². The van der Waals surface area contributed by atoms with Crippen LogP contribution in [0.5, 0.6) is 0 Å². The number of unbranched alkanes of at least 4 members (excludes halogenated alkanes) is 1. The van der Waals surface area contributed by atoms with Crippen molar-refractivity contribution < 1.29 is 4.79 Å². The zero-order valence-corrected chi connectivity index (χ0v) is 11.0. The first-order valence-corrected chi connectivity index (χ1v) is 6.92. The van der Waals surface area contributed by atoms with Gasteiger partial charge < -0.3 is 5.32 Å². The van der Waals surface area contributed by atoms with Gasteiger partial charge in [0.2, 0.25) is 5.91 Å². The molecule has 1 N–H and O–H groups in total. The normalized spacial score (nSPS) is 12.4. The molecule has 2 nitrogen and oxygen atoms in total. The van der Waals surface area contributed by atoms with Crippen LogP contribution < -0.4 is 5.32 Å². The Morgan fingerprint density at radius 2 is 2.31 bits per heavy atom. The van der Waals surface area contributed by atoms with Crippen molar-refractivity contribution in [1.29, 1.82) is 0 Å². The second-order valence-electron chi connectivity index (χ2n) is 4.16. The lowest BCUT2D eigenvalue weighted by molar-refractivity contribution is -0.121. The molecule has 1 amide bonds. The van der Waals surface area contributed by atoms with E-state index >= 15 is 0 Å². The first kappa shape index (κ1) is 13.2. The van der Waals surface area contributed by atoms with E-state index in [1.54, 1.807) is 11.3 Å². The third-order valence-electron chi connectivity index (χ3n) is 2.68. The van der Waals surface area contributed by atoms with Crippen molar-refractivity contribution in [3.8, 4) is 0 Å². The fourth-order valence-electron chi connectivity index (χ4n) is 1.49. The summed E-state index contributed by atoms with van der Waals surface area (Å²) in [4.78, 5) is 12.9. The Kier molecular flexibility index (Phi) is 6.16. The van der Waals surface area contributed by atoms with Gasteiger partial charge in [0.05, 0.1) is 0 Å². The third-order valence-corrected chi connectivity index (χ3v) is 3.61. The Bertz CT molecular complexity index is 295. The first-order valence-electron chi connectivity index (χ1n) is 6.04. The number of hydrogen-bond donors (Lipinski definition) is 1. The molecule has 0 radical (unpaired) electrons. The highest BCUT2D eigenvalue weighted by molar-refractivity contribution is 7.09. The van der Waals surface area contributed by atoms with Gasteiger partial charge in [0.1, 0.15) is 0 Å². The second kappa shape index (κ2) is 7.44. The smallest absolute Gasteiger partial charge is 0.220 e. The average Bonchev–Trinajstić information content (AvgIpc) is 2.77. The molecule has 0 saturated carbocycles. The molecular formula is C13H21NOS. The molecule has 1 aromatic heterocycles. The van der Waals surface area contributed by atoms with Gasteiger partial charge in [0.25, 0.3) is 0 Å². The molecule has 0 bridgehead atoms. The number of carbonyl (C=O) groups is 1. The lowest BCUT2D eigenvalue weighted by Crippen LogP contribution is -2.31. The van der Waals surface area contributed by atoms with Crippen LogP contribution in [0.2, 0.25) is 0 Å². The van der Waals surface area contributed by atoms with Crippen LogP contribution in [0.25, 0.3) is 0 Å². The van der Waals surface area contributed by atoms with E-state index in [1.807, 2.05) is 6.92 Å². The summed E-state index contributed by atoms with van der Waals surface area (Å²) in [7, 11) is 0. The van der Waals surface area contributed by atoms with Crippen LogP contribution in [-0.2, 0) is 11.2 Å². The molecule has 0 aromatic carbocycles. The van der Waals surface area contributed by atoms with Crippen LogP contribution in [0.1, 0.15) is 44.4 Å². The quantitative estimate of drug-likeness (QED) is 0.726. The number of aryl methyl sites for hydroxylation is 1. The molecule has 0 fully saturated rings. The van der Waals surface area contributed by atoms with Crippen LogP contribution in [-0.4, -0.2) is 11.9 Å². The first-order chi connectivity index (χ1) is 7.72. The molecule has 90 valence electrons. The van der Waals surface area contributed by atoms with Crippen LogP contribution in [0, 0.1) is 0 Å². The molecule has 0 aliphatic carbocycles. The van der Waals surface area contributed by atoms with E-state index in [2.05, 4.69) is 29.8 Å². The highest BCUT2D eigenvalue weighted by Crippen LogP contribution is 2.12. The van der Waals surface area contributed by atoms with Crippen LogP contribution in [0.4, 0.5) is 0 Å². The van der Waals surface area contributed by atoms with Crippen molar-refractivity contribution in [1.82, 2.24) is 5.32 Å². The SMILES string of the molecule is CCC(C)NC(=O)CCCCc1cccs1. The van der Waals surface area contributed by atoms with Crippen molar-refractivity contribution in [2.24, 2.45) is 0 Å². The van der Waals surface area contributed by atoms with Crippen LogP contribution >= 0.6 is 11.3 Å². The summed E-state index contributed by atoms with van der Waals surface area (Å²) in [5.74, 6) is 0.195. The van der Waals surface area contributed by atoms with Gasteiger partial charge in [0, 0.05) is 17.3 Å². The fourth-order valence-corrected chi connectivity index (χ4v) is 2.24. The highest BCUT2D eigenvalue weighted by atomic mass is 32.1. The Morgan fingerprint density at radius 3 is 2.94 bits per heavy atom. The highest BCUT2D eigenvalue weighted by Gasteiger charge is 2.04. The summed E-state index contributed by atoms with van der Waals surface area (Å²) in [5.41, 5.74) is 0. The largest absolute Gasteiger partial charge is 0.354 e. The second-order valence-corrected chi connectivity index (χ2v) is 5.20. The van der Waals surface area contributed by atoms with Crippen molar-refractivity contribution in [2.75, 3.05) is 0 Å².